The van der Waals surface area contributed by atoms with Crippen LogP contribution in [0.2, 0.25) is 0 Å². The van der Waals surface area contributed by atoms with E-state index in [0.29, 0.717) is 11.8 Å². The van der Waals surface area contributed by atoms with Crippen molar-refractivity contribution in [1.29, 1.82) is 0 Å². The second-order valence-electron chi connectivity index (χ2n) is 10.6. The lowest BCUT2D eigenvalue weighted by molar-refractivity contribution is 0.183. The first-order valence-corrected chi connectivity index (χ1v) is 13.1. The van der Waals surface area contributed by atoms with E-state index in [2.05, 4.69) is 88.6 Å². The minimum atomic E-state index is -0.287. The third-order valence-corrected chi connectivity index (χ3v) is 7.13. The summed E-state index contributed by atoms with van der Waals surface area (Å²) in [6.45, 7) is 15.5. The number of aromatic nitrogens is 2. The van der Waals surface area contributed by atoms with E-state index >= 15 is 0 Å². The molecule has 7 heteroatoms. The number of anilines is 2. The van der Waals surface area contributed by atoms with Crippen LogP contribution in [0, 0.1) is 0 Å². The second kappa shape index (κ2) is 13.2. The van der Waals surface area contributed by atoms with Gasteiger partial charge in [0.2, 0.25) is 0 Å². The molecule has 2 fully saturated rings. The normalized spacial score (nSPS) is 20.1. The molecule has 0 aliphatic carbocycles. The molecule has 0 radical (unpaired) electrons. The third kappa shape index (κ3) is 7.87. The van der Waals surface area contributed by atoms with Crippen LogP contribution in [0.15, 0.2) is 36.7 Å². The van der Waals surface area contributed by atoms with E-state index in [-0.39, 0.29) is 12.7 Å². The Hall–Kier alpha value is -2.25. The highest BCUT2D eigenvalue weighted by molar-refractivity contribution is 5.46. The molecule has 194 valence electrons. The average Bonchev–Trinajstić information content (AvgIpc) is 3.09. The van der Waals surface area contributed by atoms with E-state index < -0.39 is 0 Å². The van der Waals surface area contributed by atoms with E-state index in [1.807, 2.05) is 19.4 Å². The largest absolute Gasteiger partial charge is 0.369 e. The molecule has 6 nitrogen and oxygen atoms in total. The smallest absolute Gasteiger partial charge is 0.107 e. The predicted octanol–water partition coefficient (Wildman–Crippen LogP) is 4.64. The molecule has 4 heterocycles. The Morgan fingerprint density at radius 3 is 1.86 bits per heavy atom. The zero-order chi connectivity index (χ0) is 25.4. The molecule has 35 heavy (non-hydrogen) atoms. The Bertz CT molecular complexity index is 870. The highest BCUT2D eigenvalue weighted by atomic mass is 19.1. The number of pyridine rings is 2. The summed E-state index contributed by atoms with van der Waals surface area (Å²) in [5.41, 5.74) is 4.66. The fraction of sp³-hybridized carbons (Fsp3) is 0.643. The van der Waals surface area contributed by atoms with E-state index in [1.54, 1.807) is 0 Å². The topological polar surface area (TPSA) is 38.7 Å². The fourth-order valence-electron chi connectivity index (χ4n) is 4.50. The number of rotatable bonds is 5. The molecule has 4 rings (SSSR count). The van der Waals surface area contributed by atoms with Gasteiger partial charge < -0.3 is 14.7 Å². The molecule has 0 saturated carbocycles. The number of nitrogens with zero attached hydrogens (tertiary/aromatic N) is 6. The molecule has 2 saturated heterocycles. The molecule has 2 aliphatic rings. The summed E-state index contributed by atoms with van der Waals surface area (Å²) in [5, 5.41) is 0. The summed E-state index contributed by atoms with van der Waals surface area (Å²) in [7, 11) is 4.19. The number of piperazine rings is 1. The average molecular weight is 485 g/mol. The van der Waals surface area contributed by atoms with Crippen molar-refractivity contribution in [1.82, 2.24) is 19.8 Å². The molecule has 0 spiro atoms. The molecule has 2 aromatic rings. The first kappa shape index (κ1) is 27.3. The third-order valence-electron chi connectivity index (χ3n) is 7.13. The van der Waals surface area contributed by atoms with Crippen LogP contribution in [0.25, 0.3) is 0 Å². The van der Waals surface area contributed by atoms with Gasteiger partial charge in [0.15, 0.2) is 0 Å². The Labute approximate surface area is 212 Å². The van der Waals surface area contributed by atoms with Crippen molar-refractivity contribution in [3.8, 4) is 0 Å². The molecule has 0 amide bonds. The van der Waals surface area contributed by atoms with E-state index in [9.17, 15) is 4.39 Å². The molecule has 1 unspecified atom stereocenters. The molecule has 2 aromatic heterocycles. The summed E-state index contributed by atoms with van der Waals surface area (Å²) in [5.74, 6) is 0.962. The van der Waals surface area contributed by atoms with E-state index in [1.165, 1.54) is 24.3 Å². The highest BCUT2D eigenvalue weighted by Gasteiger charge is 2.24. The molecular weight excluding hydrogens is 439 g/mol. The van der Waals surface area contributed by atoms with Gasteiger partial charge in [0, 0.05) is 50.7 Å². The lowest BCUT2D eigenvalue weighted by Crippen LogP contribution is -2.52. The number of likely N-dealkylation sites (N-methyl/N-ethyl adjacent to an activating group) is 2. The summed E-state index contributed by atoms with van der Waals surface area (Å²) >= 11 is 0. The Kier molecular flexibility index (Phi) is 10.3. The predicted molar refractivity (Wildman–Crippen MR) is 146 cm³/mol. The fourth-order valence-corrected chi connectivity index (χ4v) is 4.50. The highest BCUT2D eigenvalue weighted by Crippen LogP contribution is 2.21. The SMILES string of the molecule is CC(C)c1ccc(N2CCCN(C)CC2)cn1.CC(C)c1ccc(N2CCN(C)C(CF)C2)cn1. The quantitative estimate of drug-likeness (QED) is 0.616. The maximum Gasteiger partial charge on any atom is 0.107 e. The van der Waals surface area contributed by atoms with Gasteiger partial charge >= 0.3 is 0 Å². The number of alkyl halides is 1. The van der Waals surface area contributed by atoms with Crippen molar-refractivity contribution in [2.75, 3.05) is 76.4 Å². The first-order valence-electron chi connectivity index (χ1n) is 13.1. The Balaban J connectivity index is 0.000000196. The van der Waals surface area contributed by atoms with Crippen molar-refractivity contribution in [3.63, 3.8) is 0 Å². The lowest BCUT2D eigenvalue weighted by Gasteiger charge is -2.39. The standard InChI is InChI=1S/C14H22FN3.C14H23N3/c1-11(2)14-5-4-12(9-16-14)18-7-6-17(3)13(8-15)10-18;1-12(2)14-6-5-13(11-15-14)17-8-4-7-16(3)9-10-17/h4-5,9,11,13H,6-8,10H2,1-3H3;5-6,11-12H,4,7-10H2,1-3H3. The van der Waals surface area contributed by atoms with E-state index in [0.717, 1.165) is 50.6 Å². The summed E-state index contributed by atoms with van der Waals surface area (Å²) < 4.78 is 12.9. The monoisotopic (exact) mass is 484 g/mol. The first-order chi connectivity index (χ1) is 16.8. The number of hydrogen-bond acceptors (Lipinski definition) is 6. The van der Waals surface area contributed by atoms with Crippen LogP contribution in [0.1, 0.15) is 57.3 Å². The van der Waals surface area contributed by atoms with Crippen LogP contribution in [0.3, 0.4) is 0 Å². The maximum absolute atomic E-state index is 12.9. The zero-order valence-corrected chi connectivity index (χ0v) is 22.6. The summed E-state index contributed by atoms with van der Waals surface area (Å²) in [6.07, 6.45) is 5.18. The van der Waals surface area contributed by atoms with Crippen LogP contribution in [0.4, 0.5) is 15.8 Å². The minimum Gasteiger partial charge on any atom is -0.369 e. The van der Waals surface area contributed by atoms with Crippen molar-refractivity contribution in [2.45, 2.75) is 52.0 Å². The van der Waals surface area contributed by atoms with E-state index in [4.69, 9.17) is 0 Å². The van der Waals surface area contributed by atoms with Gasteiger partial charge in [-0.15, -0.1) is 0 Å². The summed E-state index contributed by atoms with van der Waals surface area (Å²) in [4.78, 5) is 18.2. The van der Waals surface area contributed by atoms with Gasteiger partial charge in [-0.2, -0.15) is 0 Å². The molecule has 1 atom stereocenters. The molecule has 0 aromatic carbocycles. The van der Waals surface area contributed by atoms with Gasteiger partial charge in [-0.3, -0.25) is 14.9 Å². The van der Waals surface area contributed by atoms with Crippen molar-refractivity contribution in [2.24, 2.45) is 0 Å². The van der Waals surface area contributed by atoms with Crippen LogP contribution in [0.5, 0.6) is 0 Å². The van der Waals surface area contributed by atoms with Gasteiger partial charge in [0.1, 0.15) is 6.67 Å². The molecular formula is C28H45FN6. The van der Waals surface area contributed by atoms with Gasteiger partial charge in [-0.05, 0) is 63.2 Å². The van der Waals surface area contributed by atoms with Crippen LogP contribution >= 0.6 is 0 Å². The molecule has 0 bridgehead atoms. The van der Waals surface area contributed by atoms with Gasteiger partial charge in [0.05, 0.1) is 29.8 Å². The van der Waals surface area contributed by atoms with Crippen molar-refractivity contribution < 1.29 is 4.39 Å². The zero-order valence-electron chi connectivity index (χ0n) is 22.6. The summed E-state index contributed by atoms with van der Waals surface area (Å²) in [6, 6.07) is 8.55. The molecule has 2 aliphatic heterocycles. The molecule has 0 N–H and O–H groups in total. The van der Waals surface area contributed by atoms with Gasteiger partial charge in [-0.25, -0.2) is 4.39 Å². The Morgan fingerprint density at radius 1 is 0.771 bits per heavy atom. The number of halogens is 1. The maximum atomic E-state index is 12.9. The Morgan fingerprint density at radius 2 is 1.34 bits per heavy atom. The van der Waals surface area contributed by atoms with Gasteiger partial charge in [-0.1, -0.05) is 27.7 Å². The van der Waals surface area contributed by atoms with Crippen molar-refractivity contribution in [3.05, 3.63) is 48.0 Å². The minimum absolute atomic E-state index is 0.00326. The number of hydrogen-bond donors (Lipinski definition) is 0. The second-order valence-corrected chi connectivity index (χ2v) is 10.6. The lowest BCUT2D eigenvalue weighted by atomic mass is 10.1. The van der Waals surface area contributed by atoms with Crippen LogP contribution in [-0.2, 0) is 0 Å². The van der Waals surface area contributed by atoms with Crippen LogP contribution < -0.4 is 9.80 Å². The van der Waals surface area contributed by atoms with Crippen molar-refractivity contribution >= 4 is 11.4 Å². The van der Waals surface area contributed by atoms with Crippen LogP contribution in [-0.4, -0.2) is 92.4 Å². The van der Waals surface area contributed by atoms with Gasteiger partial charge in [0.25, 0.3) is 0 Å².